The zero-order valence-electron chi connectivity index (χ0n) is 19.6. The minimum Gasteiger partial charge on any atom is -0.480 e. The lowest BCUT2D eigenvalue weighted by atomic mass is 9.91. The molecular weight excluding hydrogens is 515 g/mol. The van der Waals surface area contributed by atoms with Crippen LogP contribution in [-0.4, -0.2) is 52.6 Å². The number of carboxylic acids is 1. The Bertz CT molecular complexity index is 1390. The Balaban J connectivity index is 1.20. The van der Waals surface area contributed by atoms with E-state index in [1.54, 1.807) is 18.2 Å². The molecule has 3 aromatic rings. The number of carbonyl (C=O) groups excluding carboxylic acids is 1. The van der Waals surface area contributed by atoms with Crippen molar-refractivity contribution in [3.63, 3.8) is 0 Å². The van der Waals surface area contributed by atoms with Gasteiger partial charge in [0, 0.05) is 24.3 Å². The Morgan fingerprint density at radius 1 is 1.00 bits per heavy atom. The largest absolute Gasteiger partial charge is 0.480 e. The molecule has 9 heteroatoms. The molecule has 0 aromatic heterocycles. The highest BCUT2D eigenvalue weighted by molar-refractivity contribution is 6.40. The van der Waals surface area contributed by atoms with Gasteiger partial charge in [-0.2, -0.15) is 0 Å². The lowest BCUT2D eigenvalue weighted by Gasteiger charge is -2.23. The number of hydrogen-bond donors (Lipinski definition) is 1. The predicted molar refractivity (Wildman–Crippen MR) is 139 cm³/mol. The number of ether oxygens (including phenoxy) is 1. The van der Waals surface area contributed by atoms with E-state index in [2.05, 4.69) is 17.3 Å². The number of rotatable bonds is 4. The van der Waals surface area contributed by atoms with Crippen molar-refractivity contribution in [3.05, 3.63) is 93.5 Å². The Morgan fingerprint density at radius 3 is 2.24 bits per heavy atom. The van der Waals surface area contributed by atoms with Crippen molar-refractivity contribution in [1.82, 2.24) is 4.90 Å². The Labute approximate surface area is 223 Å². The van der Waals surface area contributed by atoms with Crippen molar-refractivity contribution >= 4 is 41.0 Å². The van der Waals surface area contributed by atoms with Gasteiger partial charge >= 0.3 is 12.1 Å². The molecule has 188 valence electrons. The first-order valence-electron chi connectivity index (χ1n) is 11.9. The molecule has 1 amide bonds. The summed E-state index contributed by atoms with van der Waals surface area (Å²) >= 11 is 12.7. The molecule has 1 saturated heterocycles. The zero-order chi connectivity index (χ0) is 25.7. The average molecular weight is 537 g/mol. The van der Waals surface area contributed by atoms with Crippen LogP contribution in [-0.2, 0) is 14.4 Å². The third kappa shape index (κ3) is 4.03. The third-order valence-electron chi connectivity index (χ3n) is 7.35. The van der Waals surface area contributed by atoms with Gasteiger partial charge in [0.1, 0.15) is 12.6 Å². The lowest BCUT2D eigenvalue weighted by molar-refractivity contribution is -0.141. The molecule has 1 spiro atoms. The van der Waals surface area contributed by atoms with Crippen molar-refractivity contribution in [2.24, 2.45) is 5.16 Å². The molecule has 3 aliphatic rings. The predicted octanol–water partition coefficient (Wildman–Crippen LogP) is 5.96. The van der Waals surface area contributed by atoms with Gasteiger partial charge in [-0.3, -0.25) is 4.90 Å². The standard InChI is InChI=1S/C28H22Cl2N2O5/c29-21-10-5-11-22(30)25(21)23-12-28(37-31-23)13-24(26(33)34)32(15-28)27(35)36-14-20-18-8-3-1-6-16(18)17-7-2-4-9-19(17)20/h1-11,20,24H,12-15H2,(H,33,34)/t24-,28+/m0/s1. The summed E-state index contributed by atoms with van der Waals surface area (Å²) in [5, 5.41) is 14.9. The fraction of sp³-hybridized carbons (Fsp3) is 0.250. The first-order chi connectivity index (χ1) is 17.9. The van der Waals surface area contributed by atoms with Crippen LogP contribution in [0.3, 0.4) is 0 Å². The molecule has 3 aromatic carbocycles. The van der Waals surface area contributed by atoms with Crippen LogP contribution in [0.1, 0.15) is 35.4 Å². The Kier molecular flexibility index (Phi) is 5.85. The van der Waals surface area contributed by atoms with E-state index in [0.29, 0.717) is 21.3 Å². The van der Waals surface area contributed by atoms with Gasteiger partial charge in [0.15, 0.2) is 5.60 Å². The number of amides is 1. The van der Waals surface area contributed by atoms with Crippen LogP contribution in [0, 0.1) is 0 Å². The number of fused-ring (bicyclic) bond motifs is 3. The summed E-state index contributed by atoms with van der Waals surface area (Å²) in [5.74, 6) is -1.26. The summed E-state index contributed by atoms with van der Waals surface area (Å²) in [6.45, 7) is 0.121. The van der Waals surface area contributed by atoms with E-state index in [1.165, 1.54) is 4.90 Å². The number of carbonyl (C=O) groups is 2. The summed E-state index contributed by atoms with van der Waals surface area (Å²) in [6.07, 6.45) is -0.353. The average Bonchev–Trinajstić information content (AvgIpc) is 3.57. The van der Waals surface area contributed by atoms with Crippen LogP contribution < -0.4 is 0 Å². The number of oxime groups is 1. The van der Waals surface area contributed by atoms with Gasteiger partial charge in [0.25, 0.3) is 0 Å². The maximum absolute atomic E-state index is 13.2. The van der Waals surface area contributed by atoms with Crippen LogP contribution in [0.4, 0.5) is 4.79 Å². The highest BCUT2D eigenvalue weighted by Gasteiger charge is 2.55. The summed E-state index contributed by atoms with van der Waals surface area (Å²) < 4.78 is 5.74. The fourth-order valence-electron chi connectivity index (χ4n) is 5.66. The van der Waals surface area contributed by atoms with E-state index >= 15 is 0 Å². The molecule has 0 radical (unpaired) electrons. The molecule has 0 unspecified atom stereocenters. The van der Waals surface area contributed by atoms with Crippen molar-refractivity contribution in [1.29, 1.82) is 0 Å². The van der Waals surface area contributed by atoms with Gasteiger partial charge < -0.3 is 14.7 Å². The maximum atomic E-state index is 13.2. The van der Waals surface area contributed by atoms with Gasteiger partial charge in [-0.05, 0) is 34.4 Å². The lowest BCUT2D eigenvalue weighted by Crippen LogP contribution is -2.42. The van der Waals surface area contributed by atoms with Gasteiger partial charge in [-0.15, -0.1) is 0 Å². The zero-order valence-corrected chi connectivity index (χ0v) is 21.1. The second-order valence-corrected chi connectivity index (χ2v) is 10.4. The quantitative estimate of drug-likeness (QED) is 0.444. The summed E-state index contributed by atoms with van der Waals surface area (Å²) in [5.41, 5.74) is 4.47. The van der Waals surface area contributed by atoms with Gasteiger partial charge in [0.05, 0.1) is 22.3 Å². The summed E-state index contributed by atoms with van der Waals surface area (Å²) in [7, 11) is 0. The second-order valence-electron chi connectivity index (χ2n) is 9.58. The van der Waals surface area contributed by atoms with Gasteiger partial charge in [-0.1, -0.05) is 83.0 Å². The molecular formula is C28H22Cl2N2O5. The first kappa shape index (κ1) is 23.8. The molecule has 2 heterocycles. The number of hydrogen-bond acceptors (Lipinski definition) is 5. The SMILES string of the molecule is O=C(O)[C@@H]1C[C@]2(CC(c3c(Cl)cccc3Cl)=NO2)CN1C(=O)OCC1c2ccccc2-c2ccccc21. The van der Waals surface area contributed by atoms with E-state index in [-0.39, 0.29) is 31.9 Å². The van der Waals surface area contributed by atoms with E-state index in [1.807, 2.05) is 36.4 Å². The maximum Gasteiger partial charge on any atom is 0.410 e. The number of likely N-dealkylation sites (tertiary alicyclic amines) is 1. The normalized spacial score (nSPS) is 21.9. The number of carboxylic acid groups (broad SMARTS) is 1. The smallest absolute Gasteiger partial charge is 0.410 e. The third-order valence-corrected chi connectivity index (χ3v) is 7.98. The van der Waals surface area contributed by atoms with Crippen LogP contribution in [0.25, 0.3) is 11.1 Å². The molecule has 0 bridgehead atoms. The number of halogens is 2. The highest BCUT2D eigenvalue weighted by Crippen LogP contribution is 2.45. The minimum absolute atomic E-state index is 0.0235. The topological polar surface area (TPSA) is 88.4 Å². The molecule has 2 atom stereocenters. The van der Waals surface area contributed by atoms with E-state index in [4.69, 9.17) is 32.8 Å². The first-order valence-corrected chi connectivity index (χ1v) is 12.7. The van der Waals surface area contributed by atoms with E-state index in [0.717, 1.165) is 22.3 Å². The van der Waals surface area contributed by atoms with Crippen molar-refractivity contribution in [2.45, 2.75) is 30.4 Å². The Morgan fingerprint density at radius 2 is 1.62 bits per heavy atom. The van der Waals surface area contributed by atoms with Crippen molar-refractivity contribution in [3.8, 4) is 11.1 Å². The second kappa shape index (κ2) is 9.08. The fourth-order valence-corrected chi connectivity index (χ4v) is 6.28. The molecule has 0 saturated carbocycles. The van der Waals surface area contributed by atoms with E-state index in [9.17, 15) is 14.7 Å². The van der Waals surface area contributed by atoms with Crippen LogP contribution in [0.5, 0.6) is 0 Å². The molecule has 7 nitrogen and oxygen atoms in total. The van der Waals surface area contributed by atoms with Crippen LogP contribution in [0.15, 0.2) is 71.9 Å². The minimum atomic E-state index is -1.13. The van der Waals surface area contributed by atoms with Crippen molar-refractivity contribution < 1.29 is 24.3 Å². The van der Waals surface area contributed by atoms with E-state index < -0.39 is 23.7 Å². The Hall–Kier alpha value is -3.55. The summed E-state index contributed by atoms with van der Waals surface area (Å²) in [4.78, 5) is 32.4. The highest BCUT2D eigenvalue weighted by atomic mass is 35.5. The number of aliphatic carboxylic acids is 1. The number of nitrogens with zero attached hydrogens (tertiary/aromatic N) is 2. The molecule has 1 N–H and O–H groups in total. The monoisotopic (exact) mass is 536 g/mol. The number of benzene rings is 3. The van der Waals surface area contributed by atoms with Gasteiger partial charge in [0.2, 0.25) is 0 Å². The molecule has 1 fully saturated rings. The molecule has 37 heavy (non-hydrogen) atoms. The molecule has 6 rings (SSSR count). The van der Waals surface area contributed by atoms with Crippen LogP contribution in [0.2, 0.25) is 10.0 Å². The summed E-state index contributed by atoms with van der Waals surface area (Å²) in [6, 6.07) is 20.1. The van der Waals surface area contributed by atoms with Crippen molar-refractivity contribution in [2.75, 3.05) is 13.2 Å². The van der Waals surface area contributed by atoms with Crippen LogP contribution >= 0.6 is 23.2 Å². The van der Waals surface area contributed by atoms with Gasteiger partial charge in [-0.25, -0.2) is 9.59 Å². The molecule has 2 aliphatic heterocycles. The molecule has 1 aliphatic carbocycles.